The number of likely N-dealkylation sites (tertiary alicyclic amines) is 2. The second-order valence-corrected chi connectivity index (χ2v) is 5.41. The van der Waals surface area contributed by atoms with Crippen LogP contribution < -0.4 is 0 Å². The smallest absolute Gasteiger partial charge is 0.257 e. The fourth-order valence-electron chi connectivity index (χ4n) is 3.42. The normalized spacial score (nSPS) is 29.1. The summed E-state index contributed by atoms with van der Waals surface area (Å²) in [4.78, 5) is 16.9. The molecule has 1 aromatic rings. The lowest BCUT2D eigenvalue weighted by Crippen LogP contribution is -2.47. The van der Waals surface area contributed by atoms with Crippen molar-refractivity contribution in [2.45, 2.75) is 37.8 Å². The Bertz CT molecular complexity index is 415. The Morgan fingerprint density at radius 3 is 2.72 bits per heavy atom. The molecular formula is C14H20N2O2. The quantitative estimate of drug-likeness (QED) is 0.803. The van der Waals surface area contributed by atoms with E-state index in [0.717, 1.165) is 25.9 Å². The van der Waals surface area contributed by atoms with E-state index >= 15 is 0 Å². The van der Waals surface area contributed by atoms with Gasteiger partial charge >= 0.3 is 0 Å². The van der Waals surface area contributed by atoms with E-state index in [9.17, 15) is 4.79 Å². The molecule has 0 N–H and O–H groups in total. The Morgan fingerprint density at radius 2 is 2.06 bits per heavy atom. The van der Waals surface area contributed by atoms with Crippen LogP contribution in [0.2, 0.25) is 0 Å². The molecule has 0 bridgehead atoms. The second-order valence-electron chi connectivity index (χ2n) is 5.41. The summed E-state index contributed by atoms with van der Waals surface area (Å²) in [6.07, 6.45) is 7.86. The third-order valence-electron chi connectivity index (χ3n) is 4.35. The largest absolute Gasteiger partial charge is 0.472 e. The first-order valence-corrected chi connectivity index (χ1v) is 6.81. The topological polar surface area (TPSA) is 36.7 Å². The van der Waals surface area contributed by atoms with Gasteiger partial charge in [0, 0.05) is 18.6 Å². The molecule has 0 aromatic carbocycles. The van der Waals surface area contributed by atoms with Crippen LogP contribution in [0.15, 0.2) is 23.0 Å². The van der Waals surface area contributed by atoms with Crippen molar-refractivity contribution in [2.75, 3.05) is 20.1 Å². The number of carbonyl (C=O) groups is 1. The van der Waals surface area contributed by atoms with E-state index in [-0.39, 0.29) is 5.91 Å². The number of hydrogen-bond donors (Lipinski definition) is 0. The van der Waals surface area contributed by atoms with E-state index in [1.54, 1.807) is 18.6 Å². The first kappa shape index (κ1) is 11.8. The Labute approximate surface area is 108 Å². The van der Waals surface area contributed by atoms with Crippen molar-refractivity contribution in [3.05, 3.63) is 24.2 Å². The van der Waals surface area contributed by atoms with Gasteiger partial charge in [-0.05, 0) is 45.3 Å². The third kappa shape index (κ3) is 1.94. The second kappa shape index (κ2) is 4.76. The van der Waals surface area contributed by atoms with Crippen LogP contribution in [-0.2, 0) is 0 Å². The molecular weight excluding hydrogens is 228 g/mol. The minimum atomic E-state index is 0.131. The van der Waals surface area contributed by atoms with Crippen molar-refractivity contribution < 1.29 is 9.21 Å². The highest BCUT2D eigenvalue weighted by atomic mass is 16.3. The van der Waals surface area contributed by atoms with E-state index in [1.807, 2.05) is 0 Å². The van der Waals surface area contributed by atoms with E-state index < -0.39 is 0 Å². The molecule has 0 aliphatic carbocycles. The van der Waals surface area contributed by atoms with Crippen molar-refractivity contribution in [3.63, 3.8) is 0 Å². The number of hydrogen-bond acceptors (Lipinski definition) is 3. The first-order valence-electron chi connectivity index (χ1n) is 6.81. The average molecular weight is 248 g/mol. The maximum Gasteiger partial charge on any atom is 0.257 e. The molecule has 0 saturated carbocycles. The van der Waals surface area contributed by atoms with Gasteiger partial charge in [0.2, 0.25) is 0 Å². The van der Waals surface area contributed by atoms with Crippen LogP contribution in [0.5, 0.6) is 0 Å². The van der Waals surface area contributed by atoms with Gasteiger partial charge in [-0.1, -0.05) is 0 Å². The number of likely N-dealkylation sites (N-methyl/N-ethyl adjacent to an activating group) is 1. The monoisotopic (exact) mass is 248 g/mol. The number of carbonyl (C=O) groups excluding carboxylic acids is 1. The number of rotatable bonds is 2. The van der Waals surface area contributed by atoms with E-state index in [1.165, 1.54) is 12.8 Å². The van der Waals surface area contributed by atoms with Gasteiger partial charge in [0.25, 0.3) is 5.91 Å². The summed E-state index contributed by atoms with van der Waals surface area (Å²) in [5, 5.41) is 0. The molecule has 3 heterocycles. The highest BCUT2D eigenvalue weighted by molar-refractivity contribution is 5.94. The number of amides is 1. The molecule has 1 amide bonds. The fourth-order valence-corrected chi connectivity index (χ4v) is 3.42. The lowest BCUT2D eigenvalue weighted by Gasteiger charge is -2.33. The summed E-state index contributed by atoms with van der Waals surface area (Å²) >= 11 is 0. The van der Waals surface area contributed by atoms with Gasteiger partial charge in [-0.2, -0.15) is 0 Å². The number of nitrogens with zero attached hydrogens (tertiary/aromatic N) is 2. The van der Waals surface area contributed by atoms with Gasteiger partial charge in [-0.3, -0.25) is 4.79 Å². The van der Waals surface area contributed by atoms with Crippen molar-refractivity contribution >= 4 is 5.91 Å². The molecule has 4 heteroatoms. The minimum Gasteiger partial charge on any atom is -0.472 e. The van der Waals surface area contributed by atoms with E-state index in [0.29, 0.717) is 17.6 Å². The van der Waals surface area contributed by atoms with Crippen molar-refractivity contribution in [1.29, 1.82) is 0 Å². The van der Waals surface area contributed by atoms with E-state index in [4.69, 9.17) is 4.42 Å². The van der Waals surface area contributed by atoms with Crippen LogP contribution >= 0.6 is 0 Å². The fraction of sp³-hybridized carbons (Fsp3) is 0.643. The summed E-state index contributed by atoms with van der Waals surface area (Å²) in [6, 6.07) is 2.69. The minimum absolute atomic E-state index is 0.131. The van der Waals surface area contributed by atoms with Crippen LogP contribution in [0.3, 0.4) is 0 Å². The molecule has 2 aliphatic rings. The number of furan rings is 1. The molecule has 2 atom stereocenters. The molecule has 0 radical (unpaired) electrons. The van der Waals surface area contributed by atoms with Gasteiger partial charge in [0.1, 0.15) is 6.26 Å². The van der Waals surface area contributed by atoms with Gasteiger partial charge in [0.15, 0.2) is 0 Å². The Morgan fingerprint density at radius 1 is 1.28 bits per heavy atom. The van der Waals surface area contributed by atoms with Crippen LogP contribution in [0, 0.1) is 0 Å². The Balaban J connectivity index is 1.77. The standard InChI is InChI=1S/C14H20N2O2/c1-15-7-2-4-12(15)13-5-3-8-16(13)14(17)11-6-9-18-10-11/h6,9-10,12-13H,2-5,7-8H2,1H3/t12-,13+/m1/s1. The lowest BCUT2D eigenvalue weighted by molar-refractivity contribution is 0.0664. The molecule has 4 nitrogen and oxygen atoms in total. The molecule has 0 spiro atoms. The van der Waals surface area contributed by atoms with Crippen molar-refractivity contribution in [3.8, 4) is 0 Å². The molecule has 18 heavy (non-hydrogen) atoms. The molecule has 2 aliphatic heterocycles. The first-order chi connectivity index (χ1) is 8.77. The summed E-state index contributed by atoms with van der Waals surface area (Å²) < 4.78 is 5.02. The zero-order chi connectivity index (χ0) is 12.5. The average Bonchev–Trinajstić information content (AvgIpc) is 3.09. The molecule has 2 fully saturated rings. The van der Waals surface area contributed by atoms with Gasteiger partial charge in [0.05, 0.1) is 11.8 Å². The molecule has 98 valence electrons. The summed E-state index contributed by atoms with van der Waals surface area (Å²) in [5.74, 6) is 0.131. The summed E-state index contributed by atoms with van der Waals surface area (Å²) in [6.45, 7) is 2.05. The molecule has 1 aromatic heterocycles. The van der Waals surface area contributed by atoms with Gasteiger partial charge in [-0.25, -0.2) is 0 Å². The Kier molecular flexibility index (Phi) is 3.12. The zero-order valence-corrected chi connectivity index (χ0v) is 10.8. The molecule has 2 saturated heterocycles. The van der Waals surface area contributed by atoms with Crippen molar-refractivity contribution in [2.24, 2.45) is 0 Å². The van der Waals surface area contributed by atoms with Crippen LogP contribution in [0.25, 0.3) is 0 Å². The van der Waals surface area contributed by atoms with Gasteiger partial charge in [-0.15, -0.1) is 0 Å². The lowest BCUT2D eigenvalue weighted by atomic mass is 10.0. The predicted molar refractivity (Wildman–Crippen MR) is 68.4 cm³/mol. The van der Waals surface area contributed by atoms with Gasteiger partial charge < -0.3 is 14.2 Å². The molecule has 3 rings (SSSR count). The maximum atomic E-state index is 12.4. The summed E-state index contributed by atoms with van der Waals surface area (Å²) in [5.41, 5.74) is 0.683. The van der Waals surface area contributed by atoms with E-state index in [2.05, 4.69) is 16.8 Å². The predicted octanol–water partition coefficient (Wildman–Crippen LogP) is 1.98. The SMILES string of the molecule is CN1CCC[C@@H]1[C@@H]1CCCN1C(=O)c1ccoc1. The maximum absolute atomic E-state index is 12.4. The zero-order valence-electron chi connectivity index (χ0n) is 10.8. The third-order valence-corrected chi connectivity index (χ3v) is 4.35. The van der Waals surface area contributed by atoms with Crippen LogP contribution in [-0.4, -0.2) is 47.9 Å². The van der Waals surface area contributed by atoms with Crippen LogP contribution in [0.4, 0.5) is 0 Å². The Hall–Kier alpha value is -1.29. The highest BCUT2D eigenvalue weighted by Crippen LogP contribution is 2.30. The van der Waals surface area contributed by atoms with Crippen LogP contribution in [0.1, 0.15) is 36.0 Å². The summed E-state index contributed by atoms with van der Waals surface area (Å²) in [7, 11) is 2.18. The molecule has 0 unspecified atom stereocenters. The van der Waals surface area contributed by atoms with Crippen molar-refractivity contribution in [1.82, 2.24) is 9.80 Å². The highest BCUT2D eigenvalue weighted by Gasteiger charge is 2.38.